The maximum absolute atomic E-state index is 13.2. The molecule has 0 aliphatic rings. The number of ether oxygens (including phenoxy) is 3. The molecule has 46 heavy (non-hydrogen) atoms. The van der Waals surface area contributed by atoms with Gasteiger partial charge in [0.1, 0.15) is 12.2 Å². The molecule has 0 aliphatic carbocycles. The molecule has 0 fully saturated rings. The van der Waals surface area contributed by atoms with Crippen LogP contribution in [-0.2, 0) is 30.0 Å². The van der Waals surface area contributed by atoms with Crippen LogP contribution in [0.5, 0.6) is 0 Å². The van der Waals surface area contributed by atoms with Crippen LogP contribution in [-0.4, -0.2) is 57.4 Å². The molecule has 0 saturated heterocycles. The lowest BCUT2D eigenvalue weighted by molar-refractivity contribution is -0.143. The average Bonchev–Trinajstić information content (AvgIpc) is 2.99. The monoisotopic (exact) mass is 648 g/mol. The van der Waals surface area contributed by atoms with E-state index in [1.807, 2.05) is 66.7 Å². The highest BCUT2D eigenvalue weighted by Crippen LogP contribution is 2.37. The Balaban J connectivity index is 2.02. The smallest absolute Gasteiger partial charge is 0.408 e. The van der Waals surface area contributed by atoms with Gasteiger partial charge in [0.2, 0.25) is 0 Å². The van der Waals surface area contributed by atoms with Crippen molar-refractivity contribution in [1.82, 2.24) is 10.6 Å². The van der Waals surface area contributed by atoms with Crippen molar-refractivity contribution >= 4 is 36.8 Å². The quantitative estimate of drug-likeness (QED) is 0.139. The predicted molar refractivity (Wildman–Crippen MR) is 182 cm³/mol. The van der Waals surface area contributed by atoms with Gasteiger partial charge < -0.3 is 29.3 Å². The minimum Gasteiger partial charge on any atom is -0.466 e. The van der Waals surface area contributed by atoms with Crippen molar-refractivity contribution in [2.24, 2.45) is 0 Å². The van der Waals surface area contributed by atoms with Crippen molar-refractivity contribution in [3.8, 4) is 0 Å². The molecule has 0 aliphatic heterocycles. The van der Waals surface area contributed by atoms with Crippen LogP contribution in [0.4, 0.5) is 9.59 Å². The molecule has 2 amide bonds. The number of rotatable bonds is 13. The number of hydrogen-bond acceptors (Lipinski definition) is 7. The molecule has 3 rings (SSSR count). The molecule has 2 atom stereocenters. The van der Waals surface area contributed by atoms with E-state index in [2.05, 4.69) is 55.7 Å². The summed E-state index contributed by atoms with van der Waals surface area (Å²) in [5, 5.41) is 7.42. The van der Waals surface area contributed by atoms with E-state index in [4.69, 9.17) is 18.6 Å². The van der Waals surface area contributed by atoms with Gasteiger partial charge in [-0.25, -0.2) is 9.59 Å². The van der Waals surface area contributed by atoms with Crippen molar-refractivity contribution in [3.63, 3.8) is 0 Å². The second-order valence-corrected chi connectivity index (χ2v) is 17.4. The molecule has 10 heteroatoms. The van der Waals surface area contributed by atoms with Gasteiger partial charge in [-0.2, -0.15) is 0 Å². The molecule has 0 spiro atoms. The number of hydrogen-bond donors (Lipinski definition) is 2. The van der Waals surface area contributed by atoms with Crippen LogP contribution in [0.3, 0.4) is 0 Å². The SMILES string of the molecule is CCOC(=O)CC(NC(=O)OCc1ccccc1)C(CO[Si](c1ccccc1)(c1ccccc1)C(C)(C)C)NC(=O)OC(C)(C)C. The third-order valence-electron chi connectivity index (χ3n) is 7.29. The summed E-state index contributed by atoms with van der Waals surface area (Å²) in [6, 6.07) is 27.5. The predicted octanol–water partition coefficient (Wildman–Crippen LogP) is 5.70. The fourth-order valence-corrected chi connectivity index (χ4v) is 9.89. The number of esters is 1. The Hall–Kier alpha value is -4.15. The molecule has 3 aromatic rings. The standard InChI is InChI=1S/C36H48N2O7Si/c1-8-42-32(39)24-30(37-33(40)43-25-27-18-12-9-13-19-27)31(38-34(41)45-35(2,3)4)26-44-46(36(5,6)7,28-20-14-10-15-21-28)29-22-16-11-17-23-29/h9-23,30-31H,8,24-26H2,1-7H3,(H,37,40)(H,38,41). The molecule has 2 unspecified atom stereocenters. The summed E-state index contributed by atoms with van der Waals surface area (Å²) in [6.07, 6.45) is -1.70. The van der Waals surface area contributed by atoms with Crippen molar-refractivity contribution in [2.75, 3.05) is 13.2 Å². The fraction of sp³-hybridized carbons (Fsp3) is 0.417. The fourth-order valence-electron chi connectivity index (χ4n) is 5.30. The Morgan fingerprint density at radius 3 is 1.67 bits per heavy atom. The zero-order valence-electron chi connectivity index (χ0n) is 28.0. The molecular weight excluding hydrogens is 600 g/mol. The number of carbonyl (C=O) groups is 3. The van der Waals surface area contributed by atoms with Gasteiger partial charge in [0, 0.05) is 0 Å². The second kappa shape index (κ2) is 16.4. The molecule has 0 heterocycles. The Morgan fingerprint density at radius 1 is 0.696 bits per heavy atom. The van der Waals surface area contributed by atoms with Crippen LogP contribution in [0.2, 0.25) is 5.04 Å². The lowest BCUT2D eigenvalue weighted by atomic mass is 10.1. The minimum atomic E-state index is -3.06. The molecule has 0 bridgehead atoms. The van der Waals surface area contributed by atoms with E-state index in [-0.39, 0.29) is 31.3 Å². The van der Waals surface area contributed by atoms with E-state index in [0.29, 0.717) is 0 Å². The van der Waals surface area contributed by atoms with E-state index in [1.54, 1.807) is 27.7 Å². The highest BCUT2D eigenvalue weighted by atomic mass is 28.4. The topological polar surface area (TPSA) is 112 Å². The molecule has 248 valence electrons. The van der Waals surface area contributed by atoms with Crippen molar-refractivity contribution < 1.29 is 33.0 Å². The minimum absolute atomic E-state index is 0.0293. The van der Waals surface area contributed by atoms with Gasteiger partial charge in [-0.3, -0.25) is 4.79 Å². The van der Waals surface area contributed by atoms with E-state index >= 15 is 0 Å². The van der Waals surface area contributed by atoms with Crippen LogP contribution in [0.15, 0.2) is 91.0 Å². The lowest BCUT2D eigenvalue weighted by Crippen LogP contribution is -2.68. The summed E-state index contributed by atoms with van der Waals surface area (Å²) in [7, 11) is -3.06. The van der Waals surface area contributed by atoms with E-state index in [0.717, 1.165) is 15.9 Å². The van der Waals surface area contributed by atoms with Gasteiger partial charge in [0.05, 0.1) is 31.7 Å². The van der Waals surface area contributed by atoms with Crippen LogP contribution in [0.25, 0.3) is 0 Å². The molecule has 3 aromatic carbocycles. The van der Waals surface area contributed by atoms with E-state index < -0.39 is 44.2 Å². The molecule has 0 radical (unpaired) electrons. The highest BCUT2D eigenvalue weighted by Gasteiger charge is 2.51. The molecule has 9 nitrogen and oxygen atoms in total. The number of alkyl carbamates (subject to hydrolysis) is 2. The molecule has 2 N–H and O–H groups in total. The van der Waals surface area contributed by atoms with Crippen LogP contribution in [0.1, 0.15) is 60.5 Å². The lowest BCUT2D eigenvalue weighted by Gasteiger charge is -2.44. The number of amides is 2. The third kappa shape index (κ3) is 10.5. The second-order valence-electron chi connectivity index (χ2n) is 13.0. The molecule has 0 saturated carbocycles. The molecular formula is C36H48N2O7Si. The van der Waals surface area contributed by atoms with E-state index in [9.17, 15) is 14.4 Å². The Bertz CT molecular complexity index is 1350. The van der Waals surface area contributed by atoms with Gasteiger partial charge in [-0.05, 0) is 48.7 Å². The van der Waals surface area contributed by atoms with Crippen molar-refractivity contribution in [1.29, 1.82) is 0 Å². The highest BCUT2D eigenvalue weighted by molar-refractivity contribution is 6.99. The summed E-state index contributed by atoms with van der Waals surface area (Å²) < 4.78 is 23.5. The Morgan fingerprint density at radius 2 is 1.20 bits per heavy atom. The zero-order valence-corrected chi connectivity index (χ0v) is 29.0. The zero-order chi connectivity index (χ0) is 33.8. The number of benzene rings is 3. The first-order valence-electron chi connectivity index (χ1n) is 15.6. The van der Waals surface area contributed by atoms with Gasteiger partial charge in [-0.1, -0.05) is 112 Å². The Kier molecular flexibility index (Phi) is 13.0. The number of carbonyl (C=O) groups excluding carboxylic acids is 3. The summed E-state index contributed by atoms with van der Waals surface area (Å²) >= 11 is 0. The van der Waals surface area contributed by atoms with Crippen LogP contribution in [0, 0.1) is 0 Å². The first-order chi connectivity index (χ1) is 21.7. The number of nitrogens with one attached hydrogen (secondary N) is 2. The van der Waals surface area contributed by atoms with Crippen molar-refractivity contribution in [2.45, 2.75) is 84.2 Å². The maximum Gasteiger partial charge on any atom is 0.408 e. The summed E-state index contributed by atoms with van der Waals surface area (Å²) in [6.45, 7) is 13.6. The largest absolute Gasteiger partial charge is 0.466 e. The summed E-state index contributed by atoms with van der Waals surface area (Å²) in [4.78, 5) is 39.2. The van der Waals surface area contributed by atoms with Crippen LogP contribution < -0.4 is 21.0 Å². The first kappa shape index (κ1) is 36.3. The van der Waals surface area contributed by atoms with Gasteiger partial charge in [-0.15, -0.1) is 0 Å². The normalized spacial score (nSPS) is 13.2. The van der Waals surface area contributed by atoms with Crippen molar-refractivity contribution in [3.05, 3.63) is 96.6 Å². The Labute approximate surface area is 274 Å². The van der Waals surface area contributed by atoms with Gasteiger partial charge in [0.15, 0.2) is 0 Å². The molecule has 0 aromatic heterocycles. The maximum atomic E-state index is 13.2. The summed E-state index contributed by atoms with van der Waals surface area (Å²) in [5.74, 6) is -0.544. The van der Waals surface area contributed by atoms with Gasteiger partial charge >= 0.3 is 18.2 Å². The van der Waals surface area contributed by atoms with Gasteiger partial charge in [0.25, 0.3) is 8.32 Å². The third-order valence-corrected chi connectivity index (χ3v) is 12.3. The average molecular weight is 649 g/mol. The van der Waals surface area contributed by atoms with E-state index in [1.165, 1.54) is 0 Å². The summed E-state index contributed by atoms with van der Waals surface area (Å²) in [5.41, 5.74) is 0.0182. The van der Waals surface area contributed by atoms with Crippen LogP contribution >= 0.6 is 0 Å². The first-order valence-corrected chi connectivity index (χ1v) is 17.5.